The predicted octanol–water partition coefficient (Wildman–Crippen LogP) is 6.28. The van der Waals surface area contributed by atoms with Crippen LogP contribution < -0.4 is 4.90 Å². The SMILES string of the molecule is CC(C)c1ccc(N=Cc2ccc3c(c2)[C@H](C)CC(C)(C)N3C)cc1. The molecule has 2 aromatic carbocycles. The number of anilines is 1. The fourth-order valence-corrected chi connectivity index (χ4v) is 3.77. The second-order valence-corrected chi connectivity index (χ2v) is 8.30. The van der Waals surface area contributed by atoms with E-state index in [4.69, 9.17) is 0 Å². The van der Waals surface area contributed by atoms with Crippen molar-refractivity contribution in [1.82, 2.24) is 0 Å². The van der Waals surface area contributed by atoms with Crippen LogP contribution in [0.2, 0.25) is 0 Å². The first-order chi connectivity index (χ1) is 11.8. The molecule has 0 saturated heterocycles. The molecule has 0 unspecified atom stereocenters. The van der Waals surface area contributed by atoms with Crippen LogP contribution in [0.1, 0.15) is 69.6 Å². The third-order valence-electron chi connectivity index (χ3n) is 5.58. The third-order valence-corrected chi connectivity index (χ3v) is 5.58. The first-order valence-electron chi connectivity index (χ1n) is 9.30. The minimum absolute atomic E-state index is 0.209. The van der Waals surface area contributed by atoms with Crippen LogP contribution in [0, 0.1) is 0 Å². The fraction of sp³-hybridized carbons (Fsp3) is 0.435. The number of fused-ring (bicyclic) bond motifs is 1. The lowest BCUT2D eigenvalue weighted by Gasteiger charge is -2.45. The zero-order valence-electron chi connectivity index (χ0n) is 16.4. The Hall–Kier alpha value is -2.09. The van der Waals surface area contributed by atoms with Crippen LogP contribution in [0.25, 0.3) is 0 Å². The summed E-state index contributed by atoms with van der Waals surface area (Å²) in [6.07, 6.45) is 3.16. The molecule has 3 rings (SSSR count). The lowest BCUT2D eigenvalue weighted by atomic mass is 9.80. The van der Waals surface area contributed by atoms with Gasteiger partial charge >= 0.3 is 0 Å². The topological polar surface area (TPSA) is 15.6 Å². The number of rotatable bonds is 3. The molecule has 132 valence electrons. The zero-order valence-corrected chi connectivity index (χ0v) is 16.4. The second-order valence-electron chi connectivity index (χ2n) is 8.30. The summed E-state index contributed by atoms with van der Waals surface area (Å²) in [7, 11) is 2.20. The molecule has 0 aliphatic carbocycles. The van der Waals surface area contributed by atoms with E-state index in [0.29, 0.717) is 11.8 Å². The van der Waals surface area contributed by atoms with Gasteiger partial charge in [0.2, 0.25) is 0 Å². The van der Waals surface area contributed by atoms with Gasteiger partial charge in [-0.2, -0.15) is 0 Å². The predicted molar refractivity (Wildman–Crippen MR) is 110 cm³/mol. The summed E-state index contributed by atoms with van der Waals surface area (Å²) in [5, 5.41) is 0. The van der Waals surface area contributed by atoms with Gasteiger partial charge in [-0.05, 0) is 73.1 Å². The van der Waals surface area contributed by atoms with Crippen LogP contribution in [-0.4, -0.2) is 18.8 Å². The van der Waals surface area contributed by atoms with Crippen molar-refractivity contribution >= 4 is 17.6 Å². The van der Waals surface area contributed by atoms with Crippen molar-refractivity contribution < 1.29 is 0 Å². The van der Waals surface area contributed by atoms with Crippen molar-refractivity contribution in [3.63, 3.8) is 0 Å². The molecule has 25 heavy (non-hydrogen) atoms. The van der Waals surface area contributed by atoms with E-state index in [9.17, 15) is 0 Å². The Morgan fingerprint density at radius 3 is 2.44 bits per heavy atom. The van der Waals surface area contributed by atoms with Gasteiger partial charge in [0.25, 0.3) is 0 Å². The normalized spacial score (nSPS) is 19.5. The van der Waals surface area contributed by atoms with Crippen LogP contribution in [0.5, 0.6) is 0 Å². The minimum Gasteiger partial charge on any atom is -0.369 e. The van der Waals surface area contributed by atoms with Crippen LogP contribution in [-0.2, 0) is 0 Å². The Morgan fingerprint density at radius 1 is 1.12 bits per heavy atom. The molecule has 0 fully saturated rings. The molecule has 2 heteroatoms. The van der Waals surface area contributed by atoms with E-state index in [1.54, 1.807) is 0 Å². The smallest absolute Gasteiger partial charge is 0.0630 e. The molecular formula is C23H30N2. The lowest BCUT2D eigenvalue weighted by molar-refractivity contribution is 0.395. The molecule has 0 spiro atoms. The highest BCUT2D eigenvalue weighted by atomic mass is 15.2. The Bertz CT molecular complexity index is 769. The van der Waals surface area contributed by atoms with Crippen molar-refractivity contribution in [3.8, 4) is 0 Å². The van der Waals surface area contributed by atoms with Crippen molar-refractivity contribution in [2.75, 3.05) is 11.9 Å². The Labute approximate surface area is 152 Å². The number of benzene rings is 2. The summed E-state index contributed by atoms with van der Waals surface area (Å²) in [6.45, 7) is 11.4. The molecule has 0 aromatic heterocycles. The molecule has 1 heterocycles. The van der Waals surface area contributed by atoms with E-state index in [1.807, 2.05) is 6.21 Å². The van der Waals surface area contributed by atoms with Gasteiger partial charge < -0.3 is 4.90 Å². The molecule has 2 nitrogen and oxygen atoms in total. The average molecular weight is 335 g/mol. The number of nitrogens with zero attached hydrogens (tertiary/aromatic N) is 2. The highest BCUT2D eigenvalue weighted by Crippen LogP contribution is 2.42. The molecule has 1 atom stereocenters. The first-order valence-corrected chi connectivity index (χ1v) is 9.30. The van der Waals surface area contributed by atoms with Crippen molar-refractivity contribution in [1.29, 1.82) is 0 Å². The van der Waals surface area contributed by atoms with Crippen LogP contribution in [0.3, 0.4) is 0 Å². The lowest BCUT2D eigenvalue weighted by Crippen LogP contribution is -2.45. The van der Waals surface area contributed by atoms with Gasteiger partial charge in [-0.25, -0.2) is 0 Å². The van der Waals surface area contributed by atoms with Crippen LogP contribution in [0.15, 0.2) is 47.5 Å². The molecule has 0 saturated carbocycles. The summed E-state index contributed by atoms with van der Waals surface area (Å²) in [4.78, 5) is 7.07. The Kier molecular flexibility index (Phi) is 4.73. The largest absolute Gasteiger partial charge is 0.369 e. The summed E-state index contributed by atoms with van der Waals surface area (Å²) in [5.41, 5.74) is 6.52. The highest BCUT2D eigenvalue weighted by Gasteiger charge is 2.33. The van der Waals surface area contributed by atoms with Crippen molar-refractivity contribution in [2.24, 2.45) is 4.99 Å². The number of aliphatic imine (C=N–C) groups is 1. The van der Waals surface area contributed by atoms with Gasteiger partial charge in [0.1, 0.15) is 0 Å². The van der Waals surface area contributed by atoms with E-state index < -0.39 is 0 Å². The molecule has 0 N–H and O–H groups in total. The standard InChI is InChI=1S/C23H30N2/c1-16(2)19-8-10-20(11-9-19)24-15-18-7-12-22-21(13-18)17(3)14-23(4,5)25(22)6/h7-13,15-17H,14H2,1-6H3/t17-/m1/s1. The summed E-state index contributed by atoms with van der Waals surface area (Å²) < 4.78 is 0. The molecule has 1 aliphatic heterocycles. The summed E-state index contributed by atoms with van der Waals surface area (Å²) >= 11 is 0. The maximum absolute atomic E-state index is 4.66. The molecule has 0 radical (unpaired) electrons. The maximum atomic E-state index is 4.66. The van der Waals surface area contributed by atoms with Gasteiger partial charge in [0.05, 0.1) is 5.69 Å². The van der Waals surface area contributed by atoms with Gasteiger partial charge in [0.15, 0.2) is 0 Å². The molecule has 1 aliphatic rings. The van der Waals surface area contributed by atoms with E-state index in [2.05, 4.69) is 94.0 Å². The molecule has 2 aromatic rings. The van der Waals surface area contributed by atoms with Crippen molar-refractivity contribution in [3.05, 3.63) is 59.2 Å². The third kappa shape index (κ3) is 3.63. The first kappa shape index (κ1) is 17.7. The Balaban J connectivity index is 1.84. The monoisotopic (exact) mass is 334 g/mol. The van der Waals surface area contributed by atoms with Crippen LogP contribution >= 0.6 is 0 Å². The molecule has 0 amide bonds. The van der Waals surface area contributed by atoms with E-state index >= 15 is 0 Å². The quantitative estimate of drug-likeness (QED) is 0.603. The minimum atomic E-state index is 0.209. The average Bonchev–Trinajstić information content (AvgIpc) is 2.58. The van der Waals surface area contributed by atoms with Crippen molar-refractivity contribution in [2.45, 2.75) is 58.4 Å². The van der Waals surface area contributed by atoms with Gasteiger partial charge in [0, 0.05) is 24.5 Å². The Morgan fingerprint density at radius 2 is 1.80 bits per heavy atom. The fourth-order valence-electron chi connectivity index (χ4n) is 3.77. The van der Waals surface area contributed by atoms with Crippen LogP contribution in [0.4, 0.5) is 11.4 Å². The molecular weight excluding hydrogens is 304 g/mol. The molecule has 0 bridgehead atoms. The summed E-state index contributed by atoms with van der Waals surface area (Å²) in [6, 6.07) is 15.3. The number of hydrogen-bond acceptors (Lipinski definition) is 2. The van der Waals surface area contributed by atoms with E-state index in [-0.39, 0.29) is 5.54 Å². The van der Waals surface area contributed by atoms with E-state index in [1.165, 1.54) is 28.8 Å². The summed E-state index contributed by atoms with van der Waals surface area (Å²) in [5.74, 6) is 1.13. The van der Waals surface area contributed by atoms with Gasteiger partial charge in [-0.15, -0.1) is 0 Å². The van der Waals surface area contributed by atoms with E-state index in [0.717, 1.165) is 5.69 Å². The van der Waals surface area contributed by atoms with Gasteiger partial charge in [-0.1, -0.05) is 39.0 Å². The second kappa shape index (κ2) is 6.67. The maximum Gasteiger partial charge on any atom is 0.0630 e. The zero-order chi connectivity index (χ0) is 18.2. The van der Waals surface area contributed by atoms with Gasteiger partial charge in [-0.3, -0.25) is 4.99 Å². The number of hydrogen-bond donors (Lipinski definition) is 0. The highest BCUT2D eigenvalue weighted by molar-refractivity contribution is 5.83.